The van der Waals surface area contributed by atoms with Gasteiger partial charge in [-0.05, 0) is 31.5 Å². The fourth-order valence-electron chi connectivity index (χ4n) is 4.29. The summed E-state index contributed by atoms with van der Waals surface area (Å²) >= 11 is 0. The number of para-hydroxylation sites is 1. The summed E-state index contributed by atoms with van der Waals surface area (Å²) in [5, 5.41) is 1.15. The molecule has 7 heteroatoms. The predicted molar refractivity (Wildman–Crippen MR) is 123 cm³/mol. The topological polar surface area (TPSA) is 65.5 Å². The number of fused-ring (bicyclic) bond motifs is 1. The zero-order chi connectivity index (χ0) is 22.0. The standard InChI is InChI=1S/C24H30N6O/c1-17(31)30-13-7-11-21(30)24-26-20(14-22(27-24)28(2)3)16-29(4)15-19-9-5-8-18-10-6-12-25-23(18)19/h5-6,8-10,12,14,21H,7,11,13,15-16H2,1-4H3/t21-/m1/s1. The Morgan fingerprint density at radius 2 is 1.94 bits per heavy atom. The van der Waals surface area contributed by atoms with Crippen LogP contribution in [0.15, 0.2) is 42.6 Å². The molecule has 1 fully saturated rings. The molecule has 1 amide bonds. The van der Waals surface area contributed by atoms with E-state index in [2.05, 4.69) is 41.2 Å². The summed E-state index contributed by atoms with van der Waals surface area (Å²) in [5.74, 6) is 1.70. The van der Waals surface area contributed by atoms with Crippen molar-refractivity contribution in [2.45, 2.75) is 38.9 Å². The van der Waals surface area contributed by atoms with Crippen LogP contribution >= 0.6 is 0 Å². The molecule has 3 aromatic rings. The number of nitrogens with zero attached hydrogens (tertiary/aromatic N) is 6. The summed E-state index contributed by atoms with van der Waals surface area (Å²) in [6.45, 7) is 3.86. The molecule has 2 aromatic heterocycles. The van der Waals surface area contributed by atoms with Crippen LogP contribution in [-0.2, 0) is 17.9 Å². The largest absolute Gasteiger partial charge is 0.363 e. The highest BCUT2D eigenvalue weighted by atomic mass is 16.2. The lowest BCUT2D eigenvalue weighted by molar-refractivity contribution is -0.129. The Kier molecular flexibility index (Phi) is 6.13. The van der Waals surface area contributed by atoms with Gasteiger partial charge in [-0.25, -0.2) is 9.97 Å². The van der Waals surface area contributed by atoms with Crippen LogP contribution in [0.1, 0.15) is 42.9 Å². The van der Waals surface area contributed by atoms with Crippen LogP contribution in [0, 0.1) is 0 Å². The lowest BCUT2D eigenvalue weighted by Gasteiger charge is -2.24. The number of hydrogen-bond acceptors (Lipinski definition) is 6. The van der Waals surface area contributed by atoms with E-state index < -0.39 is 0 Å². The highest BCUT2D eigenvalue weighted by Gasteiger charge is 2.30. The van der Waals surface area contributed by atoms with Gasteiger partial charge >= 0.3 is 0 Å². The Morgan fingerprint density at radius 1 is 1.13 bits per heavy atom. The van der Waals surface area contributed by atoms with Gasteiger partial charge in [-0.1, -0.05) is 24.3 Å². The second kappa shape index (κ2) is 8.98. The number of aromatic nitrogens is 3. The van der Waals surface area contributed by atoms with Crippen molar-refractivity contribution in [2.75, 3.05) is 32.6 Å². The minimum absolute atomic E-state index is 0.0382. The molecule has 0 radical (unpaired) electrons. The summed E-state index contributed by atoms with van der Waals surface area (Å²) in [5.41, 5.74) is 3.19. The molecule has 0 N–H and O–H groups in total. The Morgan fingerprint density at radius 3 is 2.71 bits per heavy atom. The van der Waals surface area contributed by atoms with Crippen molar-refractivity contribution < 1.29 is 4.79 Å². The smallest absolute Gasteiger partial charge is 0.220 e. The van der Waals surface area contributed by atoms with E-state index in [9.17, 15) is 4.79 Å². The fourth-order valence-corrected chi connectivity index (χ4v) is 4.29. The summed E-state index contributed by atoms with van der Waals surface area (Å²) in [7, 11) is 6.06. The Balaban J connectivity index is 1.58. The van der Waals surface area contributed by atoms with Crippen molar-refractivity contribution in [3.05, 3.63) is 59.7 Å². The van der Waals surface area contributed by atoms with Crippen LogP contribution in [0.2, 0.25) is 0 Å². The van der Waals surface area contributed by atoms with Gasteiger partial charge in [0.1, 0.15) is 5.82 Å². The van der Waals surface area contributed by atoms with Crippen LogP contribution in [-0.4, -0.2) is 58.3 Å². The minimum atomic E-state index is -0.0382. The third kappa shape index (κ3) is 4.66. The zero-order valence-electron chi connectivity index (χ0n) is 18.7. The quantitative estimate of drug-likeness (QED) is 0.611. The number of carbonyl (C=O) groups is 1. The van der Waals surface area contributed by atoms with Gasteiger partial charge in [-0.3, -0.25) is 14.7 Å². The van der Waals surface area contributed by atoms with Crippen LogP contribution < -0.4 is 4.90 Å². The third-order valence-corrected chi connectivity index (χ3v) is 5.78. The van der Waals surface area contributed by atoms with E-state index in [1.165, 1.54) is 5.56 Å². The first-order valence-corrected chi connectivity index (χ1v) is 10.8. The molecule has 0 spiro atoms. The van der Waals surface area contributed by atoms with E-state index in [0.717, 1.165) is 54.2 Å². The second-order valence-electron chi connectivity index (χ2n) is 8.51. The maximum atomic E-state index is 12.1. The van der Waals surface area contributed by atoms with Gasteiger partial charge in [0.25, 0.3) is 0 Å². The first-order valence-electron chi connectivity index (χ1n) is 10.8. The van der Waals surface area contributed by atoms with Crippen LogP contribution in [0.25, 0.3) is 10.9 Å². The summed E-state index contributed by atoms with van der Waals surface area (Å²) in [6.07, 6.45) is 3.74. The number of carbonyl (C=O) groups excluding carboxylic acids is 1. The van der Waals surface area contributed by atoms with Crippen molar-refractivity contribution >= 4 is 22.6 Å². The van der Waals surface area contributed by atoms with Gasteiger partial charge in [0.2, 0.25) is 5.91 Å². The molecule has 31 heavy (non-hydrogen) atoms. The van der Waals surface area contributed by atoms with E-state index >= 15 is 0 Å². The monoisotopic (exact) mass is 418 g/mol. The van der Waals surface area contributed by atoms with Crippen LogP contribution in [0.3, 0.4) is 0 Å². The van der Waals surface area contributed by atoms with Crippen molar-refractivity contribution in [1.82, 2.24) is 24.8 Å². The van der Waals surface area contributed by atoms with E-state index in [1.807, 2.05) is 42.2 Å². The maximum Gasteiger partial charge on any atom is 0.220 e. The average molecular weight is 419 g/mol. The highest BCUT2D eigenvalue weighted by Crippen LogP contribution is 2.31. The Bertz CT molecular complexity index is 1080. The molecule has 1 saturated heterocycles. The number of anilines is 1. The Labute approximate surface area is 183 Å². The second-order valence-corrected chi connectivity index (χ2v) is 8.51. The van der Waals surface area contributed by atoms with Gasteiger partial charge in [0, 0.05) is 58.3 Å². The predicted octanol–water partition coefficient (Wildman–Crippen LogP) is 3.41. The molecule has 162 valence electrons. The van der Waals surface area contributed by atoms with Crippen molar-refractivity contribution in [3.8, 4) is 0 Å². The summed E-state index contributed by atoms with van der Waals surface area (Å²) in [4.78, 5) is 32.4. The molecule has 1 atom stereocenters. The average Bonchev–Trinajstić information content (AvgIpc) is 3.24. The van der Waals surface area contributed by atoms with Crippen molar-refractivity contribution in [2.24, 2.45) is 0 Å². The molecule has 1 aromatic carbocycles. The van der Waals surface area contributed by atoms with E-state index in [4.69, 9.17) is 9.97 Å². The van der Waals surface area contributed by atoms with Crippen molar-refractivity contribution in [3.63, 3.8) is 0 Å². The van der Waals surface area contributed by atoms with Crippen LogP contribution in [0.5, 0.6) is 0 Å². The molecule has 3 heterocycles. The number of rotatable bonds is 6. The third-order valence-electron chi connectivity index (χ3n) is 5.78. The van der Waals surface area contributed by atoms with E-state index in [-0.39, 0.29) is 11.9 Å². The molecule has 0 saturated carbocycles. The number of hydrogen-bond donors (Lipinski definition) is 0. The lowest BCUT2D eigenvalue weighted by Crippen LogP contribution is -2.30. The fraction of sp³-hybridized carbons (Fsp3) is 0.417. The minimum Gasteiger partial charge on any atom is -0.363 e. The van der Waals surface area contributed by atoms with Crippen molar-refractivity contribution in [1.29, 1.82) is 0 Å². The molecule has 0 bridgehead atoms. The number of amides is 1. The zero-order valence-corrected chi connectivity index (χ0v) is 18.7. The lowest BCUT2D eigenvalue weighted by atomic mass is 10.1. The molecule has 1 aliphatic heterocycles. The first-order chi connectivity index (χ1) is 14.9. The molecular weight excluding hydrogens is 388 g/mol. The molecule has 0 unspecified atom stereocenters. The normalized spacial score (nSPS) is 16.3. The molecular formula is C24H30N6O. The first kappa shape index (κ1) is 21.2. The number of benzene rings is 1. The van der Waals surface area contributed by atoms with E-state index in [0.29, 0.717) is 6.54 Å². The molecule has 1 aliphatic rings. The molecule has 4 rings (SSSR count). The van der Waals surface area contributed by atoms with E-state index in [1.54, 1.807) is 6.92 Å². The maximum absolute atomic E-state index is 12.1. The SMILES string of the molecule is CC(=O)N1CCC[C@@H]1c1nc(CN(C)Cc2cccc3cccnc23)cc(N(C)C)n1. The van der Waals surface area contributed by atoms with Crippen LogP contribution in [0.4, 0.5) is 5.82 Å². The summed E-state index contributed by atoms with van der Waals surface area (Å²) in [6, 6.07) is 12.4. The molecule has 7 nitrogen and oxygen atoms in total. The molecule has 0 aliphatic carbocycles. The summed E-state index contributed by atoms with van der Waals surface area (Å²) < 4.78 is 0. The van der Waals surface area contributed by atoms with Gasteiger partial charge < -0.3 is 9.80 Å². The highest BCUT2D eigenvalue weighted by molar-refractivity contribution is 5.81. The van der Waals surface area contributed by atoms with Gasteiger partial charge in [0.15, 0.2) is 5.82 Å². The van der Waals surface area contributed by atoms with Gasteiger partial charge in [-0.15, -0.1) is 0 Å². The Hall–Kier alpha value is -3.06. The number of pyridine rings is 1. The number of likely N-dealkylation sites (tertiary alicyclic amines) is 1. The van der Waals surface area contributed by atoms with Gasteiger partial charge in [0.05, 0.1) is 17.3 Å². The van der Waals surface area contributed by atoms with Gasteiger partial charge in [-0.2, -0.15) is 0 Å².